The van der Waals surface area contributed by atoms with E-state index in [1.54, 1.807) is 18.6 Å². The minimum atomic E-state index is -0.811. The van der Waals surface area contributed by atoms with Crippen LogP contribution in [-0.2, 0) is 23.2 Å². The van der Waals surface area contributed by atoms with Gasteiger partial charge in [-0.15, -0.1) is 11.6 Å². The second-order valence-electron chi connectivity index (χ2n) is 3.46. The summed E-state index contributed by atoms with van der Waals surface area (Å²) in [5.74, 6) is 1.76. The van der Waals surface area contributed by atoms with Gasteiger partial charge in [-0.25, -0.2) is 4.98 Å². The zero-order valence-electron chi connectivity index (χ0n) is 8.89. The van der Waals surface area contributed by atoms with Crippen LogP contribution in [0.1, 0.15) is 5.82 Å². The van der Waals surface area contributed by atoms with Gasteiger partial charge in [-0.1, -0.05) is 0 Å². The summed E-state index contributed by atoms with van der Waals surface area (Å²) in [5.41, 5.74) is 1.83. The highest BCUT2D eigenvalue weighted by Gasteiger charge is 2.09. The van der Waals surface area contributed by atoms with E-state index in [1.807, 2.05) is 10.6 Å². The Morgan fingerprint density at radius 2 is 2.38 bits per heavy atom. The van der Waals surface area contributed by atoms with Gasteiger partial charge in [-0.05, 0) is 6.07 Å². The number of aromatic nitrogens is 3. The summed E-state index contributed by atoms with van der Waals surface area (Å²) in [6.07, 6.45) is 5.13. The van der Waals surface area contributed by atoms with E-state index in [0.717, 1.165) is 16.9 Å². The first-order valence-corrected chi connectivity index (χ1v) is 7.13. The first-order valence-electron chi connectivity index (χ1n) is 4.87. The lowest BCUT2D eigenvalue weighted by Gasteiger charge is -2.05. The summed E-state index contributed by atoms with van der Waals surface area (Å²) in [5, 5.41) is 0. The van der Waals surface area contributed by atoms with Crippen molar-refractivity contribution in [3.8, 4) is 0 Å². The van der Waals surface area contributed by atoms with Gasteiger partial charge >= 0.3 is 0 Å². The van der Waals surface area contributed by atoms with E-state index < -0.39 is 10.8 Å². The molecule has 1 unspecified atom stereocenters. The molecule has 0 saturated heterocycles. The first kappa shape index (κ1) is 11.5. The van der Waals surface area contributed by atoms with Crippen LogP contribution in [0.2, 0.25) is 0 Å². The molecule has 0 radical (unpaired) electrons. The number of hydrogen-bond acceptors (Lipinski definition) is 3. The Balaban J connectivity index is 2.43. The molecule has 0 aliphatic heterocycles. The molecule has 1 atom stereocenters. The van der Waals surface area contributed by atoms with Gasteiger partial charge in [0.1, 0.15) is 11.3 Å². The Morgan fingerprint density at radius 1 is 1.56 bits per heavy atom. The number of alkyl halides is 1. The topological polar surface area (TPSA) is 47.8 Å². The third-order valence-electron chi connectivity index (χ3n) is 2.35. The number of rotatable bonds is 4. The third kappa shape index (κ3) is 2.25. The van der Waals surface area contributed by atoms with Crippen molar-refractivity contribution in [1.82, 2.24) is 14.5 Å². The molecule has 2 heterocycles. The Labute approximate surface area is 101 Å². The molecule has 0 bridgehead atoms. The number of pyridine rings is 1. The highest BCUT2D eigenvalue weighted by Crippen LogP contribution is 2.16. The fourth-order valence-corrected chi connectivity index (χ4v) is 2.25. The second kappa shape index (κ2) is 4.93. The number of hydrogen-bond donors (Lipinski definition) is 0. The third-order valence-corrected chi connectivity index (χ3v) is 3.35. The molecule has 86 valence electrons. The fourth-order valence-electron chi connectivity index (χ4n) is 1.60. The minimum Gasteiger partial charge on any atom is -0.326 e. The molecule has 4 nitrogen and oxygen atoms in total. The van der Waals surface area contributed by atoms with Gasteiger partial charge in [0.05, 0.1) is 17.6 Å². The summed E-state index contributed by atoms with van der Waals surface area (Å²) >= 11 is 5.84. The van der Waals surface area contributed by atoms with E-state index in [9.17, 15) is 4.21 Å². The molecular weight excluding hydrogens is 246 g/mol. The van der Waals surface area contributed by atoms with Crippen LogP contribution in [0.4, 0.5) is 0 Å². The van der Waals surface area contributed by atoms with Gasteiger partial charge in [-0.3, -0.25) is 9.19 Å². The Hall–Kier alpha value is -0.940. The predicted molar refractivity (Wildman–Crippen MR) is 66.0 cm³/mol. The van der Waals surface area contributed by atoms with Crippen LogP contribution < -0.4 is 0 Å². The summed E-state index contributed by atoms with van der Waals surface area (Å²) in [4.78, 5) is 8.40. The van der Waals surface area contributed by atoms with Crippen molar-refractivity contribution in [2.24, 2.45) is 0 Å². The molecule has 0 N–H and O–H groups in total. The van der Waals surface area contributed by atoms with Crippen LogP contribution in [0.15, 0.2) is 18.5 Å². The fraction of sp³-hybridized carbons (Fsp3) is 0.400. The zero-order valence-corrected chi connectivity index (χ0v) is 10.5. The molecule has 2 rings (SSSR count). The monoisotopic (exact) mass is 257 g/mol. The number of fused-ring (bicyclic) bond motifs is 1. The summed E-state index contributed by atoms with van der Waals surface area (Å²) < 4.78 is 13.1. The van der Waals surface area contributed by atoms with Crippen molar-refractivity contribution in [3.63, 3.8) is 0 Å². The average molecular weight is 258 g/mol. The normalized spacial score (nSPS) is 13.1. The summed E-state index contributed by atoms with van der Waals surface area (Å²) in [6.45, 7) is 0.672. The largest absolute Gasteiger partial charge is 0.326 e. The number of imidazole rings is 1. The number of aryl methyl sites for hydroxylation is 1. The van der Waals surface area contributed by atoms with Gasteiger partial charge in [0.2, 0.25) is 0 Å². The van der Waals surface area contributed by atoms with Crippen molar-refractivity contribution in [1.29, 1.82) is 0 Å². The highest BCUT2D eigenvalue weighted by atomic mass is 35.5. The maximum atomic E-state index is 11.1. The number of nitrogens with zero attached hydrogens (tertiary/aromatic N) is 3. The van der Waals surface area contributed by atoms with Crippen LogP contribution in [0, 0.1) is 0 Å². The molecule has 0 saturated carbocycles. The van der Waals surface area contributed by atoms with Crippen LogP contribution in [0.3, 0.4) is 0 Å². The smallest absolute Gasteiger partial charge is 0.124 e. The Kier molecular flexibility index (Phi) is 3.56. The minimum absolute atomic E-state index is 0.352. The molecular formula is C10H12ClN3OS. The maximum Gasteiger partial charge on any atom is 0.124 e. The SMILES string of the molecule is CS(=O)CCn1c(CCl)nc2cnccc21. The standard InChI is InChI=1S/C10H12ClN3OS/c1-16(15)5-4-14-9-2-3-12-7-8(9)13-10(14)6-11/h2-3,7H,4-6H2,1H3. The Bertz CT molecular complexity index is 526. The van der Waals surface area contributed by atoms with E-state index in [4.69, 9.17) is 11.6 Å². The first-order chi connectivity index (χ1) is 7.72. The van der Waals surface area contributed by atoms with E-state index in [2.05, 4.69) is 9.97 Å². The van der Waals surface area contributed by atoms with Crippen molar-refractivity contribution >= 4 is 33.4 Å². The van der Waals surface area contributed by atoms with Gasteiger partial charge in [-0.2, -0.15) is 0 Å². The molecule has 0 aliphatic carbocycles. The molecule has 0 fully saturated rings. The van der Waals surface area contributed by atoms with E-state index >= 15 is 0 Å². The Morgan fingerprint density at radius 3 is 3.06 bits per heavy atom. The summed E-state index contributed by atoms with van der Waals surface area (Å²) in [7, 11) is -0.811. The molecule has 2 aromatic rings. The van der Waals surface area contributed by atoms with Crippen molar-refractivity contribution in [2.75, 3.05) is 12.0 Å². The highest BCUT2D eigenvalue weighted by molar-refractivity contribution is 7.84. The maximum absolute atomic E-state index is 11.1. The molecule has 6 heteroatoms. The van der Waals surface area contributed by atoms with Gasteiger partial charge < -0.3 is 4.57 Å². The molecule has 0 amide bonds. The van der Waals surface area contributed by atoms with Crippen LogP contribution in [-0.4, -0.2) is 30.8 Å². The van der Waals surface area contributed by atoms with E-state index in [-0.39, 0.29) is 0 Å². The van der Waals surface area contributed by atoms with Crippen molar-refractivity contribution in [2.45, 2.75) is 12.4 Å². The van der Waals surface area contributed by atoms with E-state index in [0.29, 0.717) is 18.2 Å². The molecule has 2 aromatic heterocycles. The molecule has 16 heavy (non-hydrogen) atoms. The van der Waals surface area contributed by atoms with Crippen LogP contribution in [0.5, 0.6) is 0 Å². The quantitative estimate of drug-likeness (QED) is 0.781. The van der Waals surface area contributed by atoms with Gasteiger partial charge in [0.15, 0.2) is 0 Å². The lowest BCUT2D eigenvalue weighted by atomic mass is 10.4. The molecule has 0 aromatic carbocycles. The number of halogens is 1. The summed E-state index contributed by atoms with van der Waals surface area (Å²) in [6, 6.07) is 1.90. The van der Waals surface area contributed by atoms with Crippen molar-refractivity contribution in [3.05, 3.63) is 24.3 Å². The lowest BCUT2D eigenvalue weighted by Crippen LogP contribution is -2.09. The molecule has 0 spiro atoms. The second-order valence-corrected chi connectivity index (χ2v) is 5.28. The lowest BCUT2D eigenvalue weighted by molar-refractivity contribution is 0.676. The average Bonchev–Trinajstić information content (AvgIpc) is 2.64. The van der Waals surface area contributed by atoms with Crippen molar-refractivity contribution < 1.29 is 4.21 Å². The molecule has 0 aliphatic rings. The predicted octanol–water partition coefficient (Wildman–Crippen LogP) is 1.55. The van der Waals surface area contributed by atoms with E-state index in [1.165, 1.54) is 0 Å². The van der Waals surface area contributed by atoms with Gasteiger partial charge in [0, 0.05) is 35.5 Å². The zero-order chi connectivity index (χ0) is 11.5. The van der Waals surface area contributed by atoms with Crippen LogP contribution >= 0.6 is 11.6 Å². The van der Waals surface area contributed by atoms with Gasteiger partial charge in [0.25, 0.3) is 0 Å². The van der Waals surface area contributed by atoms with Crippen LogP contribution in [0.25, 0.3) is 11.0 Å².